The van der Waals surface area contributed by atoms with Crippen LogP contribution in [0, 0.1) is 17.6 Å². The summed E-state index contributed by atoms with van der Waals surface area (Å²) in [6.45, 7) is 2.22. The monoisotopic (exact) mass is 436 g/mol. The lowest BCUT2D eigenvalue weighted by molar-refractivity contribution is -0.0790. The van der Waals surface area contributed by atoms with Crippen LogP contribution in [0.4, 0.5) is 22.0 Å². The molecule has 0 unspecified atom stereocenters. The Morgan fingerprint density at radius 3 is 2.03 bits per heavy atom. The van der Waals surface area contributed by atoms with Gasteiger partial charge in [-0.05, 0) is 72.4 Å². The largest absolute Gasteiger partial charge is 0.409 e. The molecule has 0 N–H and O–H groups in total. The molecule has 0 aromatic heterocycles. The van der Waals surface area contributed by atoms with E-state index in [1.54, 1.807) is 0 Å². The number of unbranched alkanes of at least 4 members (excludes halogenated alkanes) is 2. The Bertz CT molecular complexity index is 849. The van der Waals surface area contributed by atoms with Crippen LogP contribution in [0.5, 0.6) is 0 Å². The second-order valence-electron chi connectivity index (χ2n) is 8.56. The summed E-state index contributed by atoms with van der Waals surface area (Å²) in [7, 11) is 0. The van der Waals surface area contributed by atoms with E-state index in [2.05, 4.69) is 6.92 Å². The molecule has 2 aromatic rings. The van der Waals surface area contributed by atoms with Crippen molar-refractivity contribution in [2.45, 2.75) is 70.4 Å². The maximum absolute atomic E-state index is 14.2. The van der Waals surface area contributed by atoms with E-state index in [1.807, 2.05) is 24.3 Å². The Morgan fingerprint density at radius 1 is 0.871 bits per heavy atom. The minimum atomic E-state index is -4.62. The predicted molar refractivity (Wildman–Crippen MR) is 116 cm³/mol. The second kappa shape index (κ2) is 10.4. The van der Waals surface area contributed by atoms with Crippen LogP contribution in [0.2, 0.25) is 0 Å². The third-order valence-electron chi connectivity index (χ3n) is 6.30. The van der Waals surface area contributed by atoms with E-state index in [-0.39, 0.29) is 6.08 Å². The van der Waals surface area contributed by atoms with Crippen LogP contribution in [0.15, 0.2) is 42.5 Å². The van der Waals surface area contributed by atoms with Crippen molar-refractivity contribution in [3.05, 3.63) is 65.2 Å². The quantitative estimate of drug-likeness (QED) is 0.300. The van der Waals surface area contributed by atoms with Gasteiger partial charge in [0.1, 0.15) is 11.6 Å². The summed E-state index contributed by atoms with van der Waals surface area (Å²) >= 11 is 0. The maximum atomic E-state index is 14.2. The molecule has 3 rings (SSSR count). The van der Waals surface area contributed by atoms with Crippen LogP contribution in [0.3, 0.4) is 0 Å². The van der Waals surface area contributed by atoms with Crippen LogP contribution in [-0.2, 0) is 0 Å². The van der Waals surface area contributed by atoms with Crippen LogP contribution in [-0.4, -0.2) is 6.18 Å². The Balaban J connectivity index is 1.66. The highest BCUT2D eigenvalue weighted by molar-refractivity contribution is 5.67. The van der Waals surface area contributed by atoms with Gasteiger partial charge in [-0.15, -0.1) is 0 Å². The molecule has 0 bridgehead atoms. The molecule has 0 aliphatic heterocycles. The van der Waals surface area contributed by atoms with Gasteiger partial charge in [-0.3, -0.25) is 0 Å². The average Bonchev–Trinajstić information content (AvgIpc) is 2.73. The Labute approximate surface area is 181 Å². The van der Waals surface area contributed by atoms with Crippen molar-refractivity contribution in [2.75, 3.05) is 0 Å². The van der Waals surface area contributed by atoms with E-state index in [1.165, 1.54) is 56.9 Å². The van der Waals surface area contributed by atoms with Gasteiger partial charge in [0.15, 0.2) is 0 Å². The number of rotatable bonds is 7. The van der Waals surface area contributed by atoms with E-state index >= 15 is 0 Å². The normalized spacial score (nSPS) is 19.8. The summed E-state index contributed by atoms with van der Waals surface area (Å²) in [5.41, 5.74) is 1.50. The van der Waals surface area contributed by atoms with Crippen molar-refractivity contribution in [3.63, 3.8) is 0 Å². The molecule has 168 valence electrons. The number of hydrogen-bond acceptors (Lipinski definition) is 0. The number of halogens is 5. The first-order chi connectivity index (χ1) is 14.8. The van der Waals surface area contributed by atoms with E-state index in [0.717, 1.165) is 18.1 Å². The highest BCUT2D eigenvalue weighted by atomic mass is 19.4. The lowest BCUT2D eigenvalue weighted by Crippen LogP contribution is -2.13. The van der Waals surface area contributed by atoms with Crippen molar-refractivity contribution < 1.29 is 22.0 Å². The third-order valence-corrected chi connectivity index (χ3v) is 6.30. The summed E-state index contributed by atoms with van der Waals surface area (Å²) in [6.07, 6.45) is 5.67. The molecule has 2 aromatic carbocycles. The molecule has 1 fully saturated rings. The van der Waals surface area contributed by atoms with Gasteiger partial charge in [0.25, 0.3) is 0 Å². The van der Waals surface area contributed by atoms with Crippen LogP contribution >= 0.6 is 0 Å². The zero-order valence-corrected chi connectivity index (χ0v) is 17.8. The fourth-order valence-electron chi connectivity index (χ4n) is 4.50. The topological polar surface area (TPSA) is 0 Å². The zero-order chi connectivity index (χ0) is 22.4. The highest BCUT2D eigenvalue weighted by Gasteiger charge is 2.23. The first-order valence-electron chi connectivity index (χ1n) is 11.1. The van der Waals surface area contributed by atoms with Gasteiger partial charge in [-0.1, -0.05) is 56.9 Å². The Morgan fingerprint density at radius 2 is 1.48 bits per heavy atom. The number of hydrogen-bond donors (Lipinski definition) is 0. The summed E-state index contributed by atoms with van der Waals surface area (Å²) in [5, 5.41) is 0. The third kappa shape index (κ3) is 6.65. The molecule has 0 amide bonds. The van der Waals surface area contributed by atoms with E-state index in [4.69, 9.17) is 0 Å². The minimum Gasteiger partial charge on any atom is -0.206 e. The SMILES string of the molecule is CCCCCC1CCC(c2ccc(-c3cc(F)c(C=CC(F)(F)F)c(F)c3)cc2)CC1. The highest BCUT2D eigenvalue weighted by Crippen LogP contribution is 2.38. The molecule has 1 aliphatic carbocycles. The zero-order valence-electron chi connectivity index (χ0n) is 17.8. The molecular formula is C26H29F5. The first kappa shape index (κ1) is 23.5. The molecule has 0 radical (unpaired) electrons. The van der Waals surface area contributed by atoms with Crippen LogP contribution in [0.1, 0.15) is 75.3 Å². The second-order valence-corrected chi connectivity index (χ2v) is 8.56. The first-order valence-corrected chi connectivity index (χ1v) is 11.1. The molecule has 1 aliphatic rings. The van der Waals surface area contributed by atoms with Crippen LogP contribution in [0.25, 0.3) is 17.2 Å². The molecule has 0 saturated heterocycles. The minimum absolute atomic E-state index is 0.165. The number of alkyl halides is 3. The molecule has 0 spiro atoms. The standard InChI is InChI=1S/C26H29F5/c1-2-3-4-5-18-6-8-19(9-7-18)20-10-12-21(13-11-20)22-16-24(27)23(25(28)17-22)14-15-26(29,30)31/h10-19H,2-9H2,1H3. The molecule has 0 nitrogen and oxygen atoms in total. The van der Waals surface area contributed by atoms with Crippen molar-refractivity contribution in [2.24, 2.45) is 5.92 Å². The predicted octanol–water partition coefficient (Wildman–Crippen LogP) is 9.06. The molecule has 0 atom stereocenters. The van der Waals surface area contributed by atoms with E-state index in [0.29, 0.717) is 23.1 Å². The van der Waals surface area contributed by atoms with Gasteiger partial charge in [-0.2, -0.15) is 13.2 Å². The number of allylic oxidation sites excluding steroid dienone is 1. The fourth-order valence-corrected chi connectivity index (χ4v) is 4.50. The van der Waals surface area contributed by atoms with Crippen molar-refractivity contribution in [1.82, 2.24) is 0 Å². The molecular weight excluding hydrogens is 407 g/mol. The van der Waals surface area contributed by atoms with Crippen LogP contribution < -0.4 is 0 Å². The van der Waals surface area contributed by atoms with Gasteiger partial charge in [-0.25, -0.2) is 8.78 Å². The lowest BCUT2D eigenvalue weighted by atomic mass is 9.77. The summed E-state index contributed by atoms with van der Waals surface area (Å²) in [4.78, 5) is 0. The van der Waals surface area contributed by atoms with Crippen molar-refractivity contribution in [1.29, 1.82) is 0 Å². The fraction of sp³-hybridized carbons (Fsp3) is 0.462. The van der Waals surface area contributed by atoms with Crippen molar-refractivity contribution >= 4 is 6.08 Å². The van der Waals surface area contributed by atoms with Gasteiger partial charge >= 0.3 is 6.18 Å². The van der Waals surface area contributed by atoms with Gasteiger partial charge in [0, 0.05) is 11.6 Å². The summed E-state index contributed by atoms with van der Waals surface area (Å²) < 4.78 is 65.4. The molecule has 31 heavy (non-hydrogen) atoms. The molecule has 5 heteroatoms. The Hall–Kier alpha value is -2.17. The van der Waals surface area contributed by atoms with Crippen molar-refractivity contribution in [3.8, 4) is 11.1 Å². The van der Waals surface area contributed by atoms with Gasteiger partial charge in [0.05, 0.1) is 0 Å². The van der Waals surface area contributed by atoms with E-state index in [9.17, 15) is 22.0 Å². The van der Waals surface area contributed by atoms with Gasteiger partial charge < -0.3 is 0 Å². The molecule has 0 heterocycles. The Kier molecular flexibility index (Phi) is 7.90. The smallest absolute Gasteiger partial charge is 0.206 e. The lowest BCUT2D eigenvalue weighted by Gasteiger charge is -2.29. The molecule has 1 saturated carbocycles. The summed E-state index contributed by atoms with van der Waals surface area (Å²) in [5.74, 6) is -0.681. The van der Waals surface area contributed by atoms with E-state index < -0.39 is 23.4 Å². The van der Waals surface area contributed by atoms with Gasteiger partial charge in [0.2, 0.25) is 0 Å². The summed E-state index contributed by atoms with van der Waals surface area (Å²) in [6, 6.07) is 9.84. The number of benzene rings is 2. The average molecular weight is 437 g/mol. The maximum Gasteiger partial charge on any atom is 0.409 e.